The van der Waals surface area contributed by atoms with Gasteiger partial charge in [-0.2, -0.15) is 0 Å². The number of nitrogens with zero attached hydrogens (tertiary/aromatic N) is 2. The fourth-order valence-electron chi connectivity index (χ4n) is 2.66. The van der Waals surface area contributed by atoms with Gasteiger partial charge in [0.2, 0.25) is 0 Å². The molecule has 0 saturated heterocycles. The van der Waals surface area contributed by atoms with Crippen molar-refractivity contribution in [3.05, 3.63) is 46.5 Å². The Morgan fingerprint density at radius 3 is 2.41 bits per heavy atom. The number of anilines is 1. The van der Waals surface area contributed by atoms with E-state index in [4.69, 9.17) is 0 Å². The Kier molecular flexibility index (Phi) is 5.72. The number of non-ortho nitro benzene ring substituents is 1. The summed E-state index contributed by atoms with van der Waals surface area (Å²) in [5, 5.41) is 16.1. The van der Waals surface area contributed by atoms with E-state index in [0.29, 0.717) is 5.39 Å². The third-order valence-corrected chi connectivity index (χ3v) is 3.96. The van der Waals surface area contributed by atoms with Crippen LogP contribution in [0.15, 0.2) is 36.4 Å². The summed E-state index contributed by atoms with van der Waals surface area (Å²) in [6.07, 6.45) is 1.05. The standard InChI is InChI=1S/C17H23N3O2/c1-3-19(4-2)13-7-12-18-16-10-11-17(20(21)22)15-9-6-5-8-14(15)16/h5-6,8-11,18H,3-4,7,12-13H2,1-2H3. The quantitative estimate of drug-likeness (QED) is 0.456. The van der Waals surface area contributed by atoms with Gasteiger partial charge in [0.1, 0.15) is 0 Å². The maximum Gasteiger partial charge on any atom is 0.277 e. The van der Waals surface area contributed by atoms with Gasteiger partial charge in [-0.05, 0) is 38.2 Å². The van der Waals surface area contributed by atoms with Crippen LogP contribution in [0, 0.1) is 10.1 Å². The second kappa shape index (κ2) is 7.75. The topological polar surface area (TPSA) is 58.4 Å². The smallest absolute Gasteiger partial charge is 0.277 e. The highest BCUT2D eigenvalue weighted by atomic mass is 16.6. The number of benzene rings is 2. The molecule has 0 spiro atoms. The lowest BCUT2D eigenvalue weighted by molar-refractivity contribution is -0.383. The van der Waals surface area contributed by atoms with Crippen molar-refractivity contribution in [2.45, 2.75) is 20.3 Å². The number of hydrogen-bond acceptors (Lipinski definition) is 4. The van der Waals surface area contributed by atoms with Crippen molar-refractivity contribution in [3.63, 3.8) is 0 Å². The van der Waals surface area contributed by atoms with Gasteiger partial charge in [-0.3, -0.25) is 10.1 Å². The van der Waals surface area contributed by atoms with Crippen LogP contribution in [-0.4, -0.2) is 36.0 Å². The highest BCUT2D eigenvalue weighted by Crippen LogP contribution is 2.31. The van der Waals surface area contributed by atoms with Crippen LogP contribution in [-0.2, 0) is 0 Å². The Bertz CT molecular complexity index is 639. The molecule has 0 saturated carbocycles. The van der Waals surface area contributed by atoms with E-state index in [1.54, 1.807) is 18.2 Å². The lowest BCUT2D eigenvalue weighted by Gasteiger charge is -2.18. The van der Waals surface area contributed by atoms with Crippen LogP contribution >= 0.6 is 0 Å². The summed E-state index contributed by atoms with van der Waals surface area (Å²) in [6.45, 7) is 8.39. The van der Waals surface area contributed by atoms with E-state index in [0.717, 1.165) is 43.7 Å². The molecule has 0 bridgehead atoms. The molecule has 0 heterocycles. The van der Waals surface area contributed by atoms with Crippen LogP contribution in [0.4, 0.5) is 11.4 Å². The first-order valence-electron chi connectivity index (χ1n) is 7.79. The molecular weight excluding hydrogens is 278 g/mol. The summed E-state index contributed by atoms with van der Waals surface area (Å²) < 4.78 is 0. The number of nitrogens with one attached hydrogen (secondary N) is 1. The lowest BCUT2D eigenvalue weighted by atomic mass is 10.1. The second-order valence-electron chi connectivity index (χ2n) is 5.24. The van der Waals surface area contributed by atoms with Gasteiger partial charge in [0.15, 0.2) is 0 Å². The van der Waals surface area contributed by atoms with Crippen LogP contribution in [0.3, 0.4) is 0 Å². The Morgan fingerprint density at radius 1 is 1.09 bits per heavy atom. The molecule has 0 aliphatic rings. The SMILES string of the molecule is CCN(CC)CCCNc1ccc([N+](=O)[O-])c2ccccc12. The Morgan fingerprint density at radius 2 is 1.77 bits per heavy atom. The van der Waals surface area contributed by atoms with Crippen LogP contribution in [0.25, 0.3) is 10.8 Å². The molecule has 0 radical (unpaired) electrons. The van der Waals surface area contributed by atoms with Crippen molar-refractivity contribution in [1.29, 1.82) is 0 Å². The molecule has 0 aliphatic carbocycles. The van der Waals surface area contributed by atoms with E-state index in [9.17, 15) is 10.1 Å². The van der Waals surface area contributed by atoms with Crippen molar-refractivity contribution in [1.82, 2.24) is 4.90 Å². The van der Waals surface area contributed by atoms with Crippen LogP contribution < -0.4 is 5.32 Å². The fraction of sp³-hybridized carbons (Fsp3) is 0.412. The van der Waals surface area contributed by atoms with Gasteiger partial charge in [-0.15, -0.1) is 0 Å². The van der Waals surface area contributed by atoms with E-state index in [2.05, 4.69) is 24.1 Å². The van der Waals surface area contributed by atoms with Gasteiger partial charge in [-0.25, -0.2) is 0 Å². The monoisotopic (exact) mass is 301 g/mol. The van der Waals surface area contributed by atoms with E-state index in [1.165, 1.54) is 0 Å². The minimum atomic E-state index is -0.327. The van der Waals surface area contributed by atoms with E-state index in [-0.39, 0.29) is 10.6 Å². The van der Waals surface area contributed by atoms with E-state index >= 15 is 0 Å². The molecule has 0 unspecified atom stereocenters. The summed E-state index contributed by atoms with van der Waals surface area (Å²) in [5.74, 6) is 0. The van der Waals surface area contributed by atoms with Gasteiger partial charge < -0.3 is 10.2 Å². The molecule has 2 aromatic carbocycles. The molecular formula is C17H23N3O2. The first kappa shape index (κ1) is 16.2. The zero-order valence-electron chi connectivity index (χ0n) is 13.2. The summed E-state index contributed by atoms with van der Waals surface area (Å²) in [7, 11) is 0. The largest absolute Gasteiger partial charge is 0.384 e. The van der Waals surface area contributed by atoms with Gasteiger partial charge in [0.25, 0.3) is 5.69 Å². The van der Waals surface area contributed by atoms with Crippen molar-refractivity contribution in [2.75, 3.05) is 31.5 Å². The number of nitro benzene ring substituents is 1. The number of fused-ring (bicyclic) bond motifs is 1. The maximum absolute atomic E-state index is 11.1. The van der Waals surface area contributed by atoms with Gasteiger partial charge in [0, 0.05) is 23.7 Å². The van der Waals surface area contributed by atoms with Crippen LogP contribution in [0.5, 0.6) is 0 Å². The van der Waals surface area contributed by atoms with Crippen molar-refractivity contribution in [2.24, 2.45) is 0 Å². The normalized spacial score (nSPS) is 11.0. The number of rotatable bonds is 8. The molecule has 118 valence electrons. The molecule has 0 fully saturated rings. The molecule has 5 nitrogen and oxygen atoms in total. The fourth-order valence-corrected chi connectivity index (χ4v) is 2.66. The van der Waals surface area contributed by atoms with Crippen LogP contribution in [0.2, 0.25) is 0 Å². The average Bonchev–Trinajstić information content (AvgIpc) is 2.54. The molecule has 0 atom stereocenters. The summed E-state index contributed by atoms with van der Waals surface area (Å²) in [5.41, 5.74) is 1.12. The molecule has 1 N–H and O–H groups in total. The number of nitro groups is 1. The molecule has 2 rings (SSSR count). The summed E-state index contributed by atoms with van der Waals surface area (Å²) in [6, 6.07) is 10.9. The van der Waals surface area contributed by atoms with Gasteiger partial charge in [-0.1, -0.05) is 32.0 Å². The Labute approximate surface area is 131 Å². The van der Waals surface area contributed by atoms with E-state index < -0.39 is 0 Å². The highest BCUT2D eigenvalue weighted by molar-refractivity contribution is 5.99. The van der Waals surface area contributed by atoms with Crippen molar-refractivity contribution in [3.8, 4) is 0 Å². The van der Waals surface area contributed by atoms with Gasteiger partial charge in [0.05, 0.1) is 10.3 Å². The molecule has 0 amide bonds. The zero-order valence-corrected chi connectivity index (χ0v) is 13.2. The number of hydrogen-bond donors (Lipinski definition) is 1. The molecule has 22 heavy (non-hydrogen) atoms. The average molecular weight is 301 g/mol. The van der Waals surface area contributed by atoms with Crippen molar-refractivity contribution >= 4 is 22.1 Å². The molecule has 5 heteroatoms. The Hall–Kier alpha value is -2.14. The van der Waals surface area contributed by atoms with Crippen LogP contribution in [0.1, 0.15) is 20.3 Å². The maximum atomic E-state index is 11.1. The van der Waals surface area contributed by atoms with Gasteiger partial charge >= 0.3 is 0 Å². The molecule has 0 aliphatic heterocycles. The predicted octanol–water partition coefficient (Wildman–Crippen LogP) is 3.89. The molecule has 0 aromatic heterocycles. The van der Waals surface area contributed by atoms with E-state index in [1.807, 2.05) is 18.2 Å². The summed E-state index contributed by atoms with van der Waals surface area (Å²) >= 11 is 0. The third kappa shape index (κ3) is 3.74. The Balaban J connectivity index is 2.09. The predicted molar refractivity (Wildman–Crippen MR) is 91.5 cm³/mol. The first-order valence-corrected chi connectivity index (χ1v) is 7.79. The lowest BCUT2D eigenvalue weighted by Crippen LogP contribution is -2.25. The minimum Gasteiger partial charge on any atom is -0.384 e. The zero-order chi connectivity index (χ0) is 15.9. The van der Waals surface area contributed by atoms with Crippen molar-refractivity contribution < 1.29 is 4.92 Å². The third-order valence-electron chi connectivity index (χ3n) is 3.96. The highest BCUT2D eigenvalue weighted by Gasteiger charge is 2.13. The second-order valence-corrected chi connectivity index (χ2v) is 5.24. The molecule has 2 aromatic rings. The minimum absolute atomic E-state index is 0.157. The first-order chi connectivity index (χ1) is 10.7. The summed E-state index contributed by atoms with van der Waals surface area (Å²) in [4.78, 5) is 13.2.